The molecule has 3 rings (SSSR count). The van der Waals surface area contributed by atoms with Crippen molar-refractivity contribution in [1.29, 1.82) is 0 Å². The maximum Gasteiger partial charge on any atom is 0.433 e. The van der Waals surface area contributed by atoms with Gasteiger partial charge in [0.2, 0.25) is 0 Å². The predicted molar refractivity (Wildman–Crippen MR) is 65.0 cm³/mol. The van der Waals surface area contributed by atoms with Crippen LogP contribution >= 0.6 is 0 Å². The third kappa shape index (κ3) is 1.97. The van der Waals surface area contributed by atoms with Crippen LogP contribution in [0.4, 0.5) is 18.9 Å². The fourth-order valence-corrected chi connectivity index (χ4v) is 2.49. The summed E-state index contributed by atoms with van der Waals surface area (Å²) in [4.78, 5) is 0. The predicted octanol–water partition coefficient (Wildman–Crippen LogP) is 2.96. The molecule has 1 aliphatic rings. The quantitative estimate of drug-likeness (QED) is 0.807. The molecule has 0 spiro atoms. The molecule has 0 atom stereocenters. The van der Waals surface area contributed by atoms with Gasteiger partial charge in [0.1, 0.15) is 0 Å². The molecule has 1 heterocycles. The molecule has 1 aromatic carbocycles. The van der Waals surface area contributed by atoms with Crippen LogP contribution in [0.5, 0.6) is 0 Å². The minimum Gasteiger partial charge on any atom is -0.399 e. The van der Waals surface area contributed by atoms with Crippen LogP contribution in [-0.2, 0) is 19.0 Å². The molecule has 0 radical (unpaired) electrons. The summed E-state index contributed by atoms with van der Waals surface area (Å²) in [5, 5.41) is 4.11. The monoisotopic (exact) mass is 267 g/mol. The lowest BCUT2D eigenvalue weighted by molar-refractivity contribution is -0.143. The molecule has 1 aromatic heterocycles. The van der Waals surface area contributed by atoms with Gasteiger partial charge in [0, 0.05) is 11.3 Å². The smallest absolute Gasteiger partial charge is 0.399 e. The van der Waals surface area contributed by atoms with Crippen molar-refractivity contribution in [2.45, 2.75) is 25.4 Å². The Kier molecular flexibility index (Phi) is 2.55. The lowest BCUT2D eigenvalue weighted by Gasteiger charge is -2.12. The molecular formula is C13H12F3N3. The average molecular weight is 267 g/mol. The number of nitrogens with zero attached hydrogens (tertiary/aromatic N) is 2. The Morgan fingerprint density at radius 3 is 2.42 bits per heavy atom. The van der Waals surface area contributed by atoms with Crippen LogP contribution in [0, 0.1) is 0 Å². The molecule has 3 nitrogen and oxygen atoms in total. The van der Waals surface area contributed by atoms with E-state index in [1.54, 1.807) is 24.3 Å². The molecule has 0 saturated carbocycles. The Hall–Kier alpha value is -1.98. The van der Waals surface area contributed by atoms with Crippen LogP contribution in [0.15, 0.2) is 24.3 Å². The molecule has 0 fully saturated rings. The van der Waals surface area contributed by atoms with Gasteiger partial charge in [-0.05, 0) is 43.5 Å². The molecule has 1 aliphatic carbocycles. The van der Waals surface area contributed by atoms with E-state index in [1.807, 2.05) is 0 Å². The molecule has 2 aromatic rings. The number of rotatable bonds is 1. The highest BCUT2D eigenvalue weighted by molar-refractivity contribution is 5.47. The van der Waals surface area contributed by atoms with Gasteiger partial charge in [-0.15, -0.1) is 0 Å². The maximum absolute atomic E-state index is 13.2. The number of anilines is 1. The van der Waals surface area contributed by atoms with E-state index in [2.05, 4.69) is 5.10 Å². The van der Waals surface area contributed by atoms with Crippen molar-refractivity contribution in [3.8, 4) is 5.69 Å². The van der Waals surface area contributed by atoms with Crippen molar-refractivity contribution in [3.05, 3.63) is 41.2 Å². The highest BCUT2D eigenvalue weighted by Gasteiger charge is 2.41. The number of halogens is 3. The summed E-state index contributed by atoms with van der Waals surface area (Å²) in [6.07, 6.45) is -2.60. The van der Waals surface area contributed by atoms with Crippen LogP contribution < -0.4 is 5.73 Å². The Morgan fingerprint density at radius 1 is 1.11 bits per heavy atom. The lowest BCUT2D eigenvalue weighted by atomic mass is 10.2. The van der Waals surface area contributed by atoms with E-state index in [-0.39, 0.29) is 0 Å². The van der Waals surface area contributed by atoms with Crippen LogP contribution in [0.1, 0.15) is 23.4 Å². The third-order valence-corrected chi connectivity index (χ3v) is 3.31. The number of hydrogen-bond acceptors (Lipinski definition) is 2. The Balaban J connectivity index is 2.19. The molecule has 100 valence electrons. The van der Waals surface area contributed by atoms with Crippen molar-refractivity contribution < 1.29 is 13.2 Å². The highest BCUT2D eigenvalue weighted by Crippen LogP contribution is 2.38. The topological polar surface area (TPSA) is 43.8 Å². The SMILES string of the molecule is Nc1ccc(-n2nc3c(c2C(F)(F)F)CCC3)cc1. The van der Waals surface area contributed by atoms with Gasteiger partial charge in [-0.1, -0.05) is 0 Å². The second-order valence-electron chi connectivity index (χ2n) is 4.63. The van der Waals surface area contributed by atoms with Gasteiger partial charge in [-0.2, -0.15) is 18.3 Å². The minimum absolute atomic E-state index is 0.337. The summed E-state index contributed by atoms with van der Waals surface area (Å²) < 4.78 is 40.6. The summed E-state index contributed by atoms with van der Waals surface area (Å²) >= 11 is 0. The summed E-state index contributed by atoms with van der Waals surface area (Å²) in [6.45, 7) is 0. The second kappa shape index (κ2) is 4.01. The van der Waals surface area contributed by atoms with E-state index in [4.69, 9.17) is 5.73 Å². The molecular weight excluding hydrogens is 255 g/mol. The van der Waals surface area contributed by atoms with Gasteiger partial charge in [0.15, 0.2) is 5.69 Å². The van der Waals surface area contributed by atoms with Crippen molar-refractivity contribution in [2.75, 3.05) is 5.73 Å². The Bertz CT molecular complexity index is 611. The number of nitrogens with two attached hydrogens (primary N) is 1. The number of aryl methyl sites for hydroxylation is 1. The maximum atomic E-state index is 13.2. The lowest BCUT2D eigenvalue weighted by Crippen LogP contribution is -2.15. The van der Waals surface area contributed by atoms with Gasteiger partial charge in [0.25, 0.3) is 0 Å². The standard InChI is InChI=1S/C13H12F3N3/c14-13(15,16)12-10-2-1-3-11(10)18-19(12)9-6-4-8(17)5-7-9/h4-7H,1-3,17H2. The zero-order chi connectivity index (χ0) is 13.6. The molecule has 0 unspecified atom stereocenters. The summed E-state index contributed by atoms with van der Waals surface area (Å²) in [5.74, 6) is 0. The van der Waals surface area contributed by atoms with E-state index in [1.165, 1.54) is 0 Å². The van der Waals surface area contributed by atoms with Crippen LogP contribution in [0.3, 0.4) is 0 Å². The summed E-state index contributed by atoms with van der Waals surface area (Å²) in [6, 6.07) is 6.24. The van der Waals surface area contributed by atoms with E-state index < -0.39 is 11.9 Å². The minimum atomic E-state index is -4.40. The molecule has 2 N–H and O–H groups in total. The van der Waals surface area contributed by atoms with E-state index in [9.17, 15) is 13.2 Å². The zero-order valence-electron chi connectivity index (χ0n) is 10.0. The Labute approximate surface area is 107 Å². The molecule has 0 saturated heterocycles. The first kappa shape index (κ1) is 12.1. The largest absolute Gasteiger partial charge is 0.433 e. The number of hydrogen-bond donors (Lipinski definition) is 1. The fourth-order valence-electron chi connectivity index (χ4n) is 2.49. The number of nitrogen functional groups attached to an aromatic ring is 1. The highest BCUT2D eigenvalue weighted by atomic mass is 19.4. The average Bonchev–Trinajstić information content (AvgIpc) is 2.87. The van der Waals surface area contributed by atoms with Crippen LogP contribution in [0.2, 0.25) is 0 Å². The van der Waals surface area contributed by atoms with Crippen molar-refractivity contribution in [2.24, 2.45) is 0 Å². The molecule has 0 amide bonds. The van der Waals surface area contributed by atoms with Gasteiger partial charge in [0.05, 0.1) is 11.4 Å². The van der Waals surface area contributed by atoms with Crippen molar-refractivity contribution in [3.63, 3.8) is 0 Å². The number of aromatic nitrogens is 2. The first-order valence-electron chi connectivity index (χ1n) is 6.00. The molecule has 6 heteroatoms. The van der Waals surface area contributed by atoms with Gasteiger partial charge >= 0.3 is 6.18 Å². The van der Waals surface area contributed by atoms with E-state index in [0.717, 1.165) is 11.1 Å². The molecule has 0 bridgehead atoms. The fraction of sp³-hybridized carbons (Fsp3) is 0.308. The number of benzene rings is 1. The van der Waals surface area contributed by atoms with Crippen molar-refractivity contribution >= 4 is 5.69 Å². The first-order valence-corrected chi connectivity index (χ1v) is 6.00. The van der Waals surface area contributed by atoms with Crippen molar-refractivity contribution in [1.82, 2.24) is 9.78 Å². The summed E-state index contributed by atoms with van der Waals surface area (Å²) in [5.41, 5.74) is 6.69. The first-order chi connectivity index (χ1) is 8.97. The van der Waals surface area contributed by atoms with E-state index in [0.29, 0.717) is 35.5 Å². The Morgan fingerprint density at radius 2 is 1.79 bits per heavy atom. The van der Waals surface area contributed by atoms with E-state index >= 15 is 0 Å². The van der Waals surface area contributed by atoms with Gasteiger partial charge in [-0.3, -0.25) is 0 Å². The van der Waals surface area contributed by atoms with Crippen LogP contribution in [0.25, 0.3) is 5.69 Å². The number of alkyl halides is 3. The summed E-state index contributed by atoms with van der Waals surface area (Å²) in [7, 11) is 0. The zero-order valence-corrected chi connectivity index (χ0v) is 10.0. The van der Waals surface area contributed by atoms with Gasteiger partial charge in [-0.25, -0.2) is 4.68 Å². The second-order valence-corrected chi connectivity index (χ2v) is 4.63. The normalized spacial score (nSPS) is 14.7. The van der Waals surface area contributed by atoms with Crippen LogP contribution in [-0.4, -0.2) is 9.78 Å². The molecule has 19 heavy (non-hydrogen) atoms. The van der Waals surface area contributed by atoms with Gasteiger partial charge < -0.3 is 5.73 Å². The molecule has 0 aliphatic heterocycles. The third-order valence-electron chi connectivity index (χ3n) is 3.31. The number of fused-ring (bicyclic) bond motifs is 1.